The Labute approximate surface area is 113 Å². The summed E-state index contributed by atoms with van der Waals surface area (Å²) in [5.74, 6) is 1.17. The normalized spacial score (nSPS) is 19.3. The highest BCUT2D eigenvalue weighted by molar-refractivity contribution is 5.62. The maximum atomic E-state index is 11.2. The zero-order valence-electron chi connectivity index (χ0n) is 11.4. The molecule has 104 valence electrons. The molecule has 1 saturated heterocycles. The van der Waals surface area contributed by atoms with Crippen LogP contribution in [0.3, 0.4) is 0 Å². The lowest BCUT2D eigenvalue weighted by molar-refractivity contribution is -0.384. The molecule has 0 radical (unpaired) electrons. The van der Waals surface area contributed by atoms with E-state index in [4.69, 9.17) is 0 Å². The van der Waals surface area contributed by atoms with Crippen molar-refractivity contribution in [3.8, 4) is 0 Å². The number of pyridine rings is 1. The second-order valence-electron chi connectivity index (χ2n) is 4.80. The van der Waals surface area contributed by atoms with Crippen LogP contribution in [0.15, 0.2) is 12.1 Å². The topological polar surface area (TPSA) is 71.3 Å². The molecule has 1 atom stereocenters. The first kappa shape index (κ1) is 13.6. The van der Waals surface area contributed by atoms with Crippen molar-refractivity contribution >= 4 is 17.3 Å². The van der Waals surface area contributed by atoms with Crippen molar-refractivity contribution < 1.29 is 4.92 Å². The number of nitrogens with one attached hydrogen (secondary N) is 1. The Kier molecular flexibility index (Phi) is 4.19. The summed E-state index contributed by atoms with van der Waals surface area (Å²) in [5, 5.41) is 14.1. The number of hydrogen-bond acceptors (Lipinski definition) is 5. The summed E-state index contributed by atoms with van der Waals surface area (Å²) >= 11 is 0. The molecule has 1 aromatic heterocycles. The average molecular weight is 264 g/mol. The summed E-state index contributed by atoms with van der Waals surface area (Å²) in [6.45, 7) is 2.97. The monoisotopic (exact) mass is 264 g/mol. The van der Waals surface area contributed by atoms with Crippen LogP contribution < -0.4 is 10.2 Å². The number of piperidine rings is 1. The van der Waals surface area contributed by atoms with Crippen molar-refractivity contribution in [2.24, 2.45) is 0 Å². The predicted octanol–water partition coefficient (Wildman–Crippen LogP) is 2.80. The van der Waals surface area contributed by atoms with Gasteiger partial charge < -0.3 is 10.2 Å². The van der Waals surface area contributed by atoms with Crippen LogP contribution in [0.4, 0.5) is 17.3 Å². The molecule has 0 bridgehead atoms. The van der Waals surface area contributed by atoms with Crippen molar-refractivity contribution in [2.75, 3.05) is 23.8 Å². The first-order valence-corrected chi connectivity index (χ1v) is 6.77. The minimum atomic E-state index is -0.344. The van der Waals surface area contributed by atoms with Crippen LogP contribution in [0.5, 0.6) is 0 Å². The molecule has 1 aliphatic rings. The van der Waals surface area contributed by atoms with Crippen LogP contribution in [-0.2, 0) is 0 Å². The standard InChI is InChI=1S/C13H20N4O2/c1-3-10-6-4-5-9-16(10)13-11(17(18)19)7-8-12(14-2)15-13/h7-8,10H,3-6,9H2,1-2H3,(H,14,15). The number of nitrogens with zero attached hydrogens (tertiary/aromatic N) is 3. The molecule has 2 heterocycles. The third-order valence-corrected chi connectivity index (χ3v) is 3.68. The highest BCUT2D eigenvalue weighted by Crippen LogP contribution is 2.33. The van der Waals surface area contributed by atoms with Gasteiger partial charge in [0.15, 0.2) is 0 Å². The van der Waals surface area contributed by atoms with E-state index in [0.29, 0.717) is 17.7 Å². The molecule has 6 heteroatoms. The van der Waals surface area contributed by atoms with E-state index in [1.54, 1.807) is 13.1 Å². The lowest BCUT2D eigenvalue weighted by atomic mass is 10.00. The minimum Gasteiger partial charge on any atom is -0.373 e. The predicted molar refractivity (Wildman–Crippen MR) is 75.7 cm³/mol. The van der Waals surface area contributed by atoms with E-state index >= 15 is 0 Å². The number of aromatic nitrogens is 1. The van der Waals surface area contributed by atoms with Gasteiger partial charge in [-0.3, -0.25) is 10.1 Å². The molecule has 0 amide bonds. The Bertz CT molecular complexity index is 464. The lowest BCUT2D eigenvalue weighted by Gasteiger charge is -2.35. The van der Waals surface area contributed by atoms with Crippen molar-refractivity contribution in [1.82, 2.24) is 4.98 Å². The molecular formula is C13H20N4O2. The van der Waals surface area contributed by atoms with Crippen LogP contribution in [0.1, 0.15) is 32.6 Å². The average Bonchev–Trinajstić information content (AvgIpc) is 2.46. The molecular weight excluding hydrogens is 244 g/mol. The quantitative estimate of drug-likeness (QED) is 0.668. The summed E-state index contributed by atoms with van der Waals surface area (Å²) in [5.41, 5.74) is 0.0966. The Morgan fingerprint density at radius 2 is 2.32 bits per heavy atom. The van der Waals surface area contributed by atoms with Crippen LogP contribution in [0, 0.1) is 10.1 Å². The molecule has 0 spiro atoms. The molecule has 1 aromatic rings. The number of rotatable bonds is 4. The van der Waals surface area contributed by atoms with Gasteiger partial charge in [0.25, 0.3) is 0 Å². The summed E-state index contributed by atoms with van der Waals surface area (Å²) in [6.07, 6.45) is 4.33. The maximum absolute atomic E-state index is 11.2. The Balaban J connectivity index is 2.42. The van der Waals surface area contributed by atoms with Gasteiger partial charge in [0.05, 0.1) is 4.92 Å². The van der Waals surface area contributed by atoms with Gasteiger partial charge in [-0.25, -0.2) is 4.98 Å². The Morgan fingerprint density at radius 1 is 1.53 bits per heavy atom. The van der Waals surface area contributed by atoms with E-state index in [9.17, 15) is 10.1 Å². The molecule has 1 unspecified atom stereocenters. The summed E-state index contributed by atoms with van der Waals surface area (Å²) in [4.78, 5) is 17.3. The van der Waals surface area contributed by atoms with E-state index in [-0.39, 0.29) is 10.6 Å². The molecule has 2 rings (SSSR count). The largest absolute Gasteiger partial charge is 0.373 e. The highest BCUT2D eigenvalue weighted by Gasteiger charge is 2.28. The molecule has 0 aliphatic carbocycles. The van der Waals surface area contributed by atoms with E-state index in [1.165, 1.54) is 12.5 Å². The van der Waals surface area contributed by atoms with Crippen LogP contribution >= 0.6 is 0 Å². The first-order valence-electron chi connectivity index (χ1n) is 6.77. The minimum absolute atomic E-state index is 0.0966. The number of hydrogen-bond donors (Lipinski definition) is 1. The third kappa shape index (κ3) is 2.77. The fourth-order valence-corrected chi connectivity index (χ4v) is 2.64. The fraction of sp³-hybridized carbons (Fsp3) is 0.615. The molecule has 19 heavy (non-hydrogen) atoms. The summed E-state index contributed by atoms with van der Waals surface area (Å²) in [7, 11) is 1.77. The Hall–Kier alpha value is -1.85. The van der Waals surface area contributed by atoms with Crippen LogP contribution in [-0.4, -0.2) is 29.5 Å². The summed E-state index contributed by atoms with van der Waals surface area (Å²) < 4.78 is 0. The van der Waals surface area contributed by atoms with Gasteiger partial charge in [-0.2, -0.15) is 0 Å². The van der Waals surface area contributed by atoms with E-state index < -0.39 is 0 Å². The van der Waals surface area contributed by atoms with E-state index in [0.717, 1.165) is 25.8 Å². The smallest absolute Gasteiger partial charge is 0.311 e. The van der Waals surface area contributed by atoms with Crippen LogP contribution in [0.2, 0.25) is 0 Å². The molecule has 6 nitrogen and oxygen atoms in total. The molecule has 0 aromatic carbocycles. The van der Waals surface area contributed by atoms with Gasteiger partial charge in [0.1, 0.15) is 5.82 Å². The van der Waals surface area contributed by atoms with Gasteiger partial charge in [-0.1, -0.05) is 6.92 Å². The number of nitro groups is 1. The molecule has 1 fully saturated rings. The van der Waals surface area contributed by atoms with Gasteiger partial charge in [0.2, 0.25) is 5.82 Å². The first-order chi connectivity index (χ1) is 9.17. The SMILES string of the molecule is CCC1CCCCN1c1nc(NC)ccc1[N+](=O)[O-]. The van der Waals surface area contributed by atoms with Crippen molar-refractivity contribution in [2.45, 2.75) is 38.6 Å². The molecule has 0 saturated carbocycles. The Morgan fingerprint density at radius 3 is 2.95 bits per heavy atom. The van der Waals surface area contributed by atoms with Crippen molar-refractivity contribution in [3.05, 3.63) is 22.2 Å². The van der Waals surface area contributed by atoms with Gasteiger partial charge >= 0.3 is 5.69 Å². The van der Waals surface area contributed by atoms with Gasteiger partial charge in [-0.15, -0.1) is 0 Å². The van der Waals surface area contributed by atoms with E-state index in [1.807, 2.05) is 0 Å². The second-order valence-corrected chi connectivity index (χ2v) is 4.80. The van der Waals surface area contributed by atoms with Crippen molar-refractivity contribution in [3.63, 3.8) is 0 Å². The third-order valence-electron chi connectivity index (χ3n) is 3.68. The zero-order chi connectivity index (χ0) is 13.8. The fourth-order valence-electron chi connectivity index (χ4n) is 2.64. The highest BCUT2D eigenvalue weighted by atomic mass is 16.6. The van der Waals surface area contributed by atoms with E-state index in [2.05, 4.69) is 22.1 Å². The van der Waals surface area contributed by atoms with Crippen molar-refractivity contribution in [1.29, 1.82) is 0 Å². The molecule has 1 N–H and O–H groups in total. The zero-order valence-corrected chi connectivity index (χ0v) is 11.4. The summed E-state index contributed by atoms with van der Waals surface area (Å²) in [6, 6.07) is 3.54. The number of anilines is 2. The van der Waals surface area contributed by atoms with Gasteiger partial charge in [-0.05, 0) is 31.7 Å². The van der Waals surface area contributed by atoms with Gasteiger partial charge in [0, 0.05) is 25.7 Å². The maximum Gasteiger partial charge on any atom is 0.311 e. The molecule has 1 aliphatic heterocycles. The lowest BCUT2D eigenvalue weighted by Crippen LogP contribution is -2.40. The second kappa shape index (κ2) is 5.86. The van der Waals surface area contributed by atoms with Crippen LogP contribution in [0.25, 0.3) is 0 Å².